The minimum atomic E-state index is -4.92. The van der Waals surface area contributed by atoms with Crippen LogP contribution in [0.3, 0.4) is 0 Å². The Hall–Kier alpha value is -1.32. The Labute approximate surface area is 138 Å². The van der Waals surface area contributed by atoms with Crippen LogP contribution < -0.4 is 11.1 Å². The molecular formula is C13H22ClF3N4O2. The number of nitrogens with zero attached hydrogens (tertiary/aromatic N) is 2. The minimum Gasteiger partial charge on any atom is -0.374 e. The molecule has 2 atom stereocenters. The number of imidazole rings is 1. The van der Waals surface area contributed by atoms with Crippen molar-refractivity contribution in [3.05, 3.63) is 18.2 Å². The van der Waals surface area contributed by atoms with E-state index in [0.717, 1.165) is 4.57 Å². The predicted molar refractivity (Wildman–Crippen MR) is 80.8 cm³/mol. The summed E-state index contributed by atoms with van der Waals surface area (Å²) >= 11 is 0. The smallest absolute Gasteiger partial charge is 0.374 e. The molecule has 0 fully saturated rings. The number of nitrogens with two attached hydrogens (primary N) is 1. The second-order valence-electron chi connectivity index (χ2n) is 5.53. The van der Waals surface area contributed by atoms with E-state index >= 15 is 0 Å². The van der Waals surface area contributed by atoms with Crippen LogP contribution in [0, 0.1) is 5.92 Å². The van der Waals surface area contributed by atoms with Crippen LogP contribution in [0.4, 0.5) is 13.2 Å². The van der Waals surface area contributed by atoms with Gasteiger partial charge in [0.25, 0.3) is 0 Å². The maximum Gasteiger partial charge on any atom is 0.424 e. The lowest BCUT2D eigenvalue weighted by atomic mass is 9.97. The number of amides is 1. The average molecular weight is 359 g/mol. The first kappa shape index (κ1) is 21.7. The molecule has 0 saturated carbocycles. The molecule has 0 aliphatic heterocycles. The first-order chi connectivity index (χ1) is 10.0. The number of nitrogens with one attached hydrogen (secondary N) is 1. The summed E-state index contributed by atoms with van der Waals surface area (Å²) < 4.78 is 40.7. The number of aryl methyl sites for hydroxylation is 1. The van der Waals surface area contributed by atoms with Gasteiger partial charge in [0.1, 0.15) is 5.82 Å². The van der Waals surface area contributed by atoms with Crippen LogP contribution >= 0.6 is 12.4 Å². The molecule has 0 radical (unpaired) electrons. The number of carbonyl (C=O) groups excluding carboxylic acids is 1. The van der Waals surface area contributed by atoms with Crippen molar-refractivity contribution >= 4 is 18.3 Å². The van der Waals surface area contributed by atoms with Crippen LogP contribution in [-0.4, -0.2) is 39.3 Å². The Morgan fingerprint density at radius 1 is 1.48 bits per heavy atom. The molecule has 134 valence electrons. The van der Waals surface area contributed by atoms with E-state index in [4.69, 9.17) is 5.73 Å². The van der Waals surface area contributed by atoms with E-state index < -0.39 is 36.0 Å². The number of aliphatic hydroxyl groups is 1. The monoisotopic (exact) mass is 358 g/mol. The normalized spacial score (nSPS) is 15.7. The maximum atomic E-state index is 13.2. The predicted octanol–water partition coefficient (Wildman–Crippen LogP) is 1.08. The summed E-state index contributed by atoms with van der Waals surface area (Å²) in [5.41, 5.74) is 2.46. The quantitative estimate of drug-likeness (QED) is 0.709. The highest BCUT2D eigenvalue weighted by molar-refractivity contribution is 5.85. The number of halogens is 4. The highest BCUT2D eigenvalue weighted by atomic mass is 35.5. The molecule has 4 N–H and O–H groups in total. The van der Waals surface area contributed by atoms with Gasteiger partial charge < -0.3 is 20.7 Å². The molecule has 1 aromatic rings. The van der Waals surface area contributed by atoms with E-state index in [2.05, 4.69) is 10.3 Å². The summed E-state index contributed by atoms with van der Waals surface area (Å²) in [6.45, 7) is 3.08. The fourth-order valence-electron chi connectivity index (χ4n) is 1.93. The van der Waals surface area contributed by atoms with Crippen LogP contribution in [0.2, 0.25) is 0 Å². The number of hydrogen-bond donors (Lipinski definition) is 3. The van der Waals surface area contributed by atoms with Crippen molar-refractivity contribution in [2.24, 2.45) is 18.7 Å². The van der Waals surface area contributed by atoms with Gasteiger partial charge in [0.15, 0.2) is 0 Å². The molecule has 10 heteroatoms. The molecule has 1 rings (SSSR count). The fourth-order valence-corrected chi connectivity index (χ4v) is 1.93. The number of carbonyl (C=O) groups is 1. The zero-order chi connectivity index (χ0) is 17.1. The molecule has 0 spiro atoms. The fraction of sp³-hybridized carbons (Fsp3) is 0.692. The van der Waals surface area contributed by atoms with E-state index in [1.165, 1.54) is 19.4 Å². The van der Waals surface area contributed by atoms with Gasteiger partial charge in [-0.05, 0) is 5.92 Å². The van der Waals surface area contributed by atoms with Gasteiger partial charge in [0, 0.05) is 32.4 Å². The van der Waals surface area contributed by atoms with Crippen molar-refractivity contribution in [2.75, 3.05) is 6.54 Å². The van der Waals surface area contributed by atoms with Crippen molar-refractivity contribution in [1.82, 2.24) is 14.9 Å². The Morgan fingerprint density at radius 3 is 2.43 bits per heavy atom. The Bertz CT molecular complexity index is 522. The zero-order valence-corrected chi connectivity index (χ0v) is 13.9. The third kappa shape index (κ3) is 4.82. The largest absolute Gasteiger partial charge is 0.424 e. The summed E-state index contributed by atoms with van der Waals surface area (Å²) in [5, 5.41) is 12.4. The van der Waals surface area contributed by atoms with Crippen molar-refractivity contribution in [2.45, 2.75) is 38.1 Å². The third-order valence-electron chi connectivity index (χ3n) is 3.47. The van der Waals surface area contributed by atoms with Gasteiger partial charge in [-0.1, -0.05) is 13.8 Å². The van der Waals surface area contributed by atoms with Gasteiger partial charge in [-0.15, -0.1) is 12.4 Å². The Kier molecular flexibility index (Phi) is 7.52. The van der Waals surface area contributed by atoms with Crippen molar-refractivity contribution in [3.8, 4) is 0 Å². The highest BCUT2D eigenvalue weighted by Crippen LogP contribution is 2.40. The molecule has 1 heterocycles. The molecule has 1 amide bonds. The molecule has 0 saturated heterocycles. The number of alkyl halides is 3. The van der Waals surface area contributed by atoms with Crippen molar-refractivity contribution < 1.29 is 23.1 Å². The summed E-state index contributed by atoms with van der Waals surface area (Å²) in [4.78, 5) is 15.2. The maximum absolute atomic E-state index is 13.2. The van der Waals surface area contributed by atoms with Gasteiger partial charge in [0.2, 0.25) is 11.5 Å². The standard InChI is InChI=1S/C13H21F3N4O2.ClH/c1-8(2)9(17)10(21)18-5-4-12(22,13(14,15)16)11-19-6-7-20(11)3;/h6-9,22H,4-5,17H2,1-3H3,(H,18,21);1H/t9-,12?;/m0./s1. The summed E-state index contributed by atoms with van der Waals surface area (Å²) in [7, 11) is 1.35. The molecule has 0 aliphatic carbocycles. The van der Waals surface area contributed by atoms with Gasteiger partial charge >= 0.3 is 6.18 Å². The van der Waals surface area contributed by atoms with Crippen LogP contribution in [0.25, 0.3) is 0 Å². The van der Waals surface area contributed by atoms with Gasteiger partial charge in [-0.3, -0.25) is 4.79 Å². The highest BCUT2D eigenvalue weighted by Gasteiger charge is 2.57. The van der Waals surface area contributed by atoms with E-state index in [-0.39, 0.29) is 24.9 Å². The topological polar surface area (TPSA) is 93.2 Å². The number of hydrogen-bond acceptors (Lipinski definition) is 4. The summed E-state index contributed by atoms with van der Waals surface area (Å²) in [5.74, 6) is -1.22. The van der Waals surface area contributed by atoms with Crippen LogP contribution in [0.5, 0.6) is 0 Å². The molecule has 1 unspecified atom stereocenters. The second-order valence-corrected chi connectivity index (χ2v) is 5.53. The zero-order valence-electron chi connectivity index (χ0n) is 13.1. The molecule has 1 aromatic heterocycles. The second kappa shape index (κ2) is 7.98. The van der Waals surface area contributed by atoms with E-state index in [0.29, 0.717) is 0 Å². The summed E-state index contributed by atoms with van der Waals surface area (Å²) in [6.07, 6.45) is -3.20. The van der Waals surface area contributed by atoms with Crippen LogP contribution in [0.15, 0.2) is 12.4 Å². The van der Waals surface area contributed by atoms with Crippen molar-refractivity contribution in [1.29, 1.82) is 0 Å². The van der Waals surface area contributed by atoms with Gasteiger partial charge in [-0.25, -0.2) is 4.98 Å². The van der Waals surface area contributed by atoms with E-state index in [1.807, 2.05) is 0 Å². The van der Waals surface area contributed by atoms with E-state index in [1.54, 1.807) is 13.8 Å². The minimum absolute atomic E-state index is 0. The Morgan fingerprint density at radius 2 is 2.04 bits per heavy atom. The Balaban J connectivity index is 0.00000484. The molecule has 0 bridgehead atoms. The van der Waals surface area contributed by atoms with Crippen molar-refractivity contribution in [3.63, 3.8) is 0 Å². The number of aromatic nitrogens is 2. The molecule has 0 aromatic carbocycles. The summed E-state index contributed by atoms with van der Waals surface area (Å²) in [6, 6.07) is -0.813. The molecule has 6 nitrogen and oxygen atoms in total. The van der Waals surface area contributed by atoms with Gasteiger partial charge in [0.05, 0.1) is 6.04 Å². The molecule has 0 aliphatic rings. The lowest BCUT2D eigenvalue weighted by Gasteiger charge is -2.30. The molecule has 23 heavy (non-hydrogen) atoms. The van der Waals surface area contributed by atoms with Crippen LogP contribution in [-0.2, 0) is 17.4 Å². The third-order valence-corrected chi connectivity index (χ3v) is 3.47. The van der Waals surface area contributed by atoms with Gasteiger partial charge in [-0.2, -0.15) is 13.2 Å². The number of rotatable bonds is 6. The molecular weight excluding hydrogens is 337 g/mol. The lowest BCUT2D eigenvalue weighted by molar-refractivity contribution is -0.272. The SMILES string of the molecule is CC(C)[C@H](N)C(=O)NCCC(O)(c1nccn1C)C(F)(F)F.Cl. The average Bonchev–Trinajstić information content (AvgIpc) is 2.82. The van der Waals surface area contributed by atoms with Crippen LogP contribution in [0.1, 0.15) is 26.1 Å². The first-order valence-electron chi connectivity index (χ1n) is 6.81. The van der Waals surface area contributed by atoms with E-state index in [9.17, 15) is 23.1 Å². The first-order valence-corrected chi connectivity index (χ1v) is 6.81. The lowest BCUT2D eigenvalue weighted by Crippen LogP contribution is -2.49.